The molecule has 96 valence electrons. The smallest absolute Gasteiger partial charge is 0.133 e. The molecule has 3 rings (SSSR count). The third-order valence-electron chi connectivity index (χ3n) is 3.48. The summed E-state index contributed by atoms with van der Waals surface area (Å²) in [5, 5.41) is 17.3. The highest BCUT2D eigenvalue weighted by molar-refractivity contribution is 5.60. The molecule has 0 atom stereocenters. The monoisotopic (exact) mass is 252 g/mol. The molecule has 4 nitrogen and oxygen atoms in total. The van der Waals surface area contributed by atoms with E-state index < -0.39 is 0 Å². The number of anilines is 1. The normalized spacial score (nSPS) is 13.2. The zero-order valence-electron chi connectivity index (χ0n) is 11.1. The molecular formula is C15H16N4. The average Bonchev–Trinajstić information content (AvgIpc) is 2.99. The predicted octanol–water partition coefficient (Wildman–Crippen LogP) is 2.84. The van der Waals surface area contributed by atoms with Gasteiger partial charge in [0.25, 0.3) is 0 Å². The van der Waals surface area contributed by atoms with E-state index in [-0.39, 0.29) is 0 Å². The van der Waals surface area contributed by atoms with Crippen molar-refractivity contribution in [2.45, 2.75) is 26.2 Å². The summed E-state index contributed by atoms with van der Waals surface area (Å²) < 4.78 is 1.89. The summed E-state index contributed by atoms with van der Waals surface area (Å²) in [7, 11) is 0. The summed E-state index contributed by atoms with van der Waals surface area (Å²) in [6.45, 7) is 5.25. The van der Waals surface area contributed by atoms with E-state index in [0.29, 0.717) is 11.5 Å². The maximum atomic E-state index is 9.23. The van der Waals surface area contributed by atoms with Gasteiger partial charge in [-0.1, -0.05) is 26.0 Å². The fourth-order valence-electron chi connectivity index (χ4n) is 2.59. The van der Waals surface area contributed by atoms with E-state index in [2.05, 4.69) is 25.2 Å². The van der Waals surface area contributed by atoms with Crippen LogP contribution in [-0.4, -0.2) is 16.3 Å². The minimum absolute atomic E-state index is 0.393. The fourth-order valence-corrected chi connectivity index (χ4v) is 2.59. The van der Waals surface area contributed by atoms with Crippen LogP contribution in [0.5, 0.6) is 0 Å². The Morgan fingerprint density at radius 3 is 2.89 bits per heavy atom. The summed E-state index contributed by atoms with van der Waals surface area (Å²) in [6.07, 6.45) is 1.01. The number of para-hydroxylation sites is 1. The molecule has 0 spiro atoms. The lowest BCUT2D eigenvalue weighted by Gasteiger charge is -2.08. The topological polar surface area (TPSA) is 53.6 Å². The van der Waals surface area contributed by atoms with Gasteiger partial charge in [0.15, 0.2) is 0 Å². The molecule has 0 radical (unpaired) electrons. The molecule has 0 saturated carbocycles. The summed E-state index contributed by atoms with van der Waals surface area (Å²) in [6, 6.07) is 9.82. The molecule has 1 aromatic heterocycles. The average molecular weight is 252 g/mol. The van der Waals surface area contributed by atoms with Gasteiger partial charge in [-0.25, -0.2) is 4.68 Å². The lowest BCUT2D eigenvalue weighted by molar-refractivity contribution is 0.756. The third kappa shape index (κ3) is 1.78. The quantitative estimate of drug-likeness (QED) is 0.894. The molecule has 0 fully saturated rings. The van der Waals surface area contributed by atoms with Crippen molar-refractivity contribution in [3.63, 3.8) is 0 Å². The van der Waals surface area contributed by atoms with Gasteiger partial charge in [0.05, 0.1) is 16.9 Å². The number of rotatable bonds is 2. The van der Waals surface area contributed by atoms with Crippen molar-refractivity contribution in [2.24, 2.45) is 0 Å². The van der Waals surface area contributed by atoms with Crippen LogP contribution in [0.4, 0.5) is 5.82 Å². The molecule has 0 amide bonds. The largest absolute Gasteiger partial charge is 0.369 e. The Balaban J connectivity index is 2.22. The fraction of sp³-hybridized carbons (Fsp3) is 0.333. The van der Waals surface area contributed by atoms with Crippen LogP contribution in [0, 0.1) is 11.3 Å². The number of nitriles is 1. The first-order valence-electron chi connectivity index (χ1n) is 6.57. The number of hydrogen-bond donors (Lipinski definition) is 1. The van der Waals surface area contributed by atoms with Crippen LogP contribution in [0.1, 0.15) is 36.6 Å². The van der Waals surface area contributed by atoms with Crippen LogP contribution in [-0.2, 0) is 6.42 Å². The van der Waals surface area contributed by atoms with Gasteiger partial charge in [0.1, 0.15) is 11.9 Å². The first kappa shape index (κ1) is 11.8. The second kappa shape index (κ2) is 4.43. The Morgan fingerprint density at radius 1 is 1.37 bits per heavy atom. The number of fused-ring (bicyclic) bond motifs is 1. The van der Waals surface area contributed by atoms with Crippen molar-refractivity contribution in [1.29, 1.82) is 5.26 Å². The van der Waals surface area contributed by atoms with E-state index in [1.165, 1.54) is 5.56 Å². The summed E-state index contributed by atoms with van der Waals surface area (Å²) in [5.74, 6) is 1.44. The van der Waals surface area contributed by atoms with Crippen molar-refractivity contribution < 1.29 is 0 Å². The zero-order chi connectivity index (χ0) is 13.4. The van der Waals surface area contributed by atoms with E-state index >= 15 is 0 Å². The van der Waals surface area contributed by atoms with E-state index in [9.17, 15) is 5.26 Å². The molecule has 0 bridgehead atoms. The van der Waals surface area contributed by atoms with E-state index in [1.807, 2.05) is 28.9 Å². The van der Waals surface area contributed by atoms with Crippen LogP contribution in [0.15, 0.2) is 24.3 Å². The highest BCUT2D eigenvalue weighted by Crippen LogP contribution is 2.32. The predicted molar refractivity (Wildman–Crippen MR) is 74.6 cm³/mol. The standard InChI is InChI=1S/C15H16N4/c1-10(2)14-12-7-8-17-15(12)19(18-14)13-6-4-3-5-11(13)9-16/h3-6,10,17H,7-8H2,1-2H3. The first-order chi connectivity index (χ1) is 9.22. The Kier molecular flexibility index (Phi) is 2.75. The summed E-state index contributed by atoms with van der Waals surface area (Å²) in [5.41, 5.74) is 3.93. The minimum atomic E-state index is 0.393. The van der Waals surface area contributed by atoms with Crippen LogP contribution < -0.4 is 5.32 Å². The number of aromatic nitrogens is 2. The van der Waals surface area contributed by atoms with Crippen LogP contribution >= 0.6 is 0 Å². The van der Waals surface area contributed by atoms with E-state index in [1.54, 1.807) is 0 Å². The zero-order valence-corrected chi connectivity index (χ0v) is 11.1. The van der Waals surface area contributed by atoms with Gasteiger partial charge in [0.2, 0.25) is 0 Å². The van der Waals surface area contributed by atoms with Gasteiger partial charge in [-0.2, -0.15) is 10.4 Å². The Morgan fingerprint density at radius 2 is 2.16 bits per heavy atom. The van der Waals surface area contributed by atoms with Gasteiger partial charge < -0.3 is 5.32 Å². The van der Waals surface area contributed by atoms with Crippen LogP contribution in [0.3, 0.4) is 0 Å². The van der Waals surface area contributed by atoms with Crippen molar-refractivity contribution >= 4 is 5.82 Å². The number of nitrogens with zero attached hydrogens (tertiary/aromatic N) is 3. The van der Waals surface area contributed by atoms with Gasteiger partial charge in [-0.15, -0.1) is 0 Å². The maximum Gasteiger partial charge on any atom is 0.133 e. The molecule has 0 saturated heterocycles. The van der Waals surface area contributed by atoms with E-state index in [0.717, 1.165) is 30.2 Å². The van der Waals surface area contributed by atoms with Gasteiger partial charge in [-0.05, 0) is 24.5 Å². The molecule has 1 aliphatic heterocycles. The summed E-state index contributed by atoms with van der Waals surface area (Å²) >= 11 is 0. The third-order valence-corrected chi connectivity index (χ3v) is 3.48. The van der Waals surface area contributed by atoms with E-state index in [4.69, 9.17) is 5.10 Å². The molecule has 2 aromatic rings. The minimum Gasteiger partial charge on any atom is -0.369 e. The van der Waals surface area contributed by atoms with Crippen LogP contribution in [0.2, 0.25) is 0 Å². The van der Waals surface area contributed by atoms with Crippen molar-refractivity contribution in [3.05, 3.63) is 41.1 Å². The van der Waals surface area contributed by atoms with Crippen molar-refractivity contribution in [1.82, 2.24) is 9.78 Å². The Labute approximate surface area is 112 Å². The highest BCUT2D eigenvalue weighted by Gasteiger charge is 2.25. The molecule has 1 aliphatic rings. The van der Waals surface area contributed by atoms with Crippen LogP contribution in [0.25, 0.3) is 5.69 Å². The highest BCUT2D eigenvalue weighted by atomic mass is 15.3. The molecular weight excluding hydrogens is 236 g/mol. The lowest BCUT2D eigenvalue weighted by atomic mass is 10.1. The molecule has 2 heterocycles. The first-order valence-corrected chi connectivity index (χ1v) is 6.57. The van der Waals surface area contributed by atoms with Crippen molar-refractivity contribution in [2.75, 3.05) is 11.9 Å². The lowest BCUT2D eigenvalue weighted by Crippen LogP contribution is -2.06. The molecule has 0 aliphatic carbocycles. The molecule has 4 heteroatoms. The summed E-state index contributed by atoms with van der Waals surface area (Å²) in [4.78, 5) is 0. The number of hydrogen-bond acceptors (Lipinski definition) is 3. The van der Waals surface area contributed by atoms with Gasteiger partial charge in [0, 0.05) is 12.1 Å². The number of benzene rings is 1. The second-order valence-corrected chi connectivity index (χ2v) is 5.08. The second-order valence-electron chi connectivity index (χ2n) is 5.08. The van der Waals surface area contributed by atoms with Gasteiger partial charge in [-0.3, -0.25) is 0 Å². The molecule has 1 aromatic carbocycles. The van der Waals surface area contributed by atoms with Gasteiger partial charge >= 0.3 is 0 Å². The Bertz CT molecular complexity index is 661. The molecule has 0 unspecified atom stereocenters. The SMILES string of the molecule is CC(C)c1nn(-c2ccccc2C#N)c2c1CCN2. The Hall–Kier alpha value is -2.28. The molecule has 1 N–H and O–H groups in total. The number of nitrogens with one attached hydrogen (secondary N) is 1. The van der Waals surface area contributed by atoms with Crippen molar-refractivity contribution in [3.8, 4) is 11.8 Å². The maximum absolute atomic E-state index is 9.23. The molecule has 19 heavy (non-hydrogen) atoms.